The molecule has 3 nitrogen and oxygen atoms in total. The van der Waals surface area contributed by atoms with E-state index >= 15 is 0 Å². The maximum atomic E-state index is 6.50. The van der Waals surface area contributed by atoms with Gasteiger partial charge < -0.3 is 11.5 Å². The number of nitrogens with two attached hydrogens (primary N) is 2. The minimum Gasteiger partial charge on any atom is -0.399 e. The summed E-state index contributed by atoms with van der Waals surface area (Å²) in [6.45, 7) is 3.50. The van der Waals surface area contributed by atoms with Gasteiger partial charge in [-0.3, -0.25) is 0 Å². The van der Waals surface area contributed by atoms with E-state index in [9.17, 15) is 0 Å². The van der Waals surface area contributed by atoms with Crippen LogP contribution in [0.15, 0.2) is 24.3 Å². The Morgan fingerprint density at radius 1 is 0.900 bits per heavy atom. The number of hydrogen-bond acceptors (Lipinski definition) is 3. The number of nitrogen functional groups attached to an aromatic ring is 2. The first kappa shape index (κ1) is 8.31. The average molecular weight is 135 g/mol. The first-order valence-electron chi connectivity index (χ1n) is 2.66. The molecule has 10 heavy (non-hydrogen) atoms. The van der Waals surface area contributed by atoms with E-state index in [1.165, 1.54) is 0 Å². The molecular weight excluding hydrogens is 126 g/mol. The Bertz CT molecular complexity index is 179. The Hall–Kier alpha value is -1.69. The van der Waals surface area contributed by atoms with E-state index in [0.29, 0.717) is 0 Å². The molecule has 0 aliphatic carbocycles. The molecule has 0 unspecified atom stereocenters. The van der Waals surface area contributed by atoms with E-state index in [0.717, 1.165) is 11.4 Å². The Kier molecular flexibility index (Phi) is 3.50. The van der Waals surface area contributed by atoms with E-state index in [4.69, 9.17) is 16.7 Å². The third-order valence-corrected chi connectivity index (χ3v) is 0.936. The molecule has 0 aliphatic rings. The third kappa shape index (κ3) is 2.58. The van der Waals surface area contributed by atoms with Crippen molar-refractivity contribution in [2.24, 2.45) is 0 Å². The van der Waals surface area contributed by atoms with Crippen molar-refractivity contribution in [1.29, 1.82) is 5.26 Å². The number of benzene rings is 1. The molecular formula is C7H9N3. The summed E-state index contributed by atoms with van der Waals surface area (Å²) in [4.78, 5) is 0. The van der Waals surface area contributed by atoms with Gasteiger partial charge in [-0.2, -0.15) is 0 Å². The highest BCUT2D eigenvalue weighted by Gasteiger charge is 1.80. The normalized spacial score (nSPS) is 7.40. The largest absolute Gasteiger partial charge is 0.399 e. The first-order valence-corrected chi connectivity index (χ1v) is 2.66. The fourth-order valence-corrected chi connectivity index (χ4v) is 0.496. The highest BCUT2D eigenvalue weighted by molar-refractivity contribution is 5.47. The van der Waals surface area contributed by atoms with Gasteiger partial charge in [-0.15, -0.1) is 0 Å². The van der Waals surface area contributed by atoms with Crippen LogP contribution in [0.4, 0.5) is 11.4 Å². The van der Waals surface area contributed by atoms with E-state index in [2.05, 4.69) is 6.57 Å². The minimum absolute atomic E-state index is 0.749. The van der Waals surface area contributed by atoms with Crippen LogP contribution in [0.25, 0.3) is 0 Å². The van der Waals surface area contributed by atoms with E-state index < -0.39 is 0 Å². The molecule has 0 saturated heterocycles. The van der Waals surface area contributed by atoms with Gasteiger partial charge in [0.2, 0.25) is 0 Å². The van der Waals surface area contributed by atoms with Gasteiger partial charge in [0.25, 0.3) is 0 Å². The van der Waals surface area contributed by atoms with Gasteiger partial charge >= 0.3 is 0 Å². The maximum Gasteiger partial charge on any atom is 0.0462 e. The summed E-state index contributed by atoms with van der Waals surface area (Å²) >= 11 is 0. The van der Waals surface area contributed by atoms with Gasteiger partial charge in [-0.05, 0) is 24.3 Å². The molecule has 0 bridgehead atoms. The number of nitrogens with zero attached hydrogens (tertiary/aromatic N) is 1. The van der Waals surface area contributed by atoms with Crippen LogP contribution in [0.5, 0.6) is 0 Å². The van der Waals surface area contributed by atoms with Crippen molar-refractivity contribution in [2.45, 2.75) is 0 Å². The zero-order valence-corrected chi connectivity index (χ0v) is 5.49. The monoisotopic (exact) mass is 135 g/mol. The Balaban J connectivity index is 0.000000371. The number of nitriles is 1. The quantitative estimate of drug-likeness (QED) is 0.521. The first-order chi connectivity index (χ1) is 4.79. The summed E-state index contributed by atoms with van der Waals surface area (Å²) in [5, 5.41) is 6.50. The molecule has 0 aliphatic heterocycles. The number of rotatable bonds is 0. The van der Waals surface area contributed by atoms with Crippen molar-refractivity contribution in [3.8, 4) is 6.57 Å². The number of anilines is 2. The molecule has 4 N–H and O–H groups in total. The zero-order chi connectivity index (χ0) is 7.98. The topological polar surface area (TPSA) is 75.8 Å². The van der Waals surface area contributed by atoms with Crippen LogP contribution in [-0.4, -0.2) is 0 Å². The van der Waals surface area contributed by atoms with Gasteiger partial charge in [0.05, 0.1) is 0 Å². The van der Waals surface area contributed by atoms with Crippen LogP contribution in [0, 0.1) is 11.8 Å². The Labute approximate surface area is 59.9 Å². The van der Waals surface area contributed by atoms with Gasteiger partial charge in [0, 0.05) is 17.9 Å². The molecule has 52 valence electrons. The van der Waals surface area contributed by atoms with Crippen LogP contribution in [0.3, 0.4) is 0 Å². The van der Waals surface area contributed by atoms with Crippen LogP contribution in [-0.2, 0) is 0 Å². The molecule has 0 atom stereocenters. The molecule has 0 saturated carbocycles. The second-order valence-electron chi connectivity index (χ2n) is 1.67. The van der Waals surface area contributed by atoms with Crippen LogP contribution < -0.4 is 11.5 Å². The van der Waals surface area contributed by atoms with Gasteiger partial charge in [-0.1, -0.05) is 0 Å². The fraction of sp³-hybridized carbons (Fsp3) is 0. The fourth-order valence-electron chi connectivity index (χ4n) is 0.496. The molecule has 0 spiro atoms. The van der Waals surface area contributed by atoms with Crippen molar-refractivity contribution in [3.63, 3.8) is 0 Å². The lowest BCUT2D eigenvalue weighted by Crippen LogP contribution is -1.86. The maximum absolute atomic E-state index is 6.50. The summed E-state index contributed by atoms with van der Waals surface area (Å²) < 4.78 is 0. The predicted molar refractivity (Wildman–Crippen MR) is 41.9 cm³/mol. The van der Waals surface area contributed by atoms with Gasteiger partial charge in [0.15, 0.2) is 0 Å². The summed E-state index contributed by atoms with van der Waals surface area (Å²) in [5.41, 5.74) is 12.2. The lowest BCUT2D eigenvalue weighted by Gasteiger charge is -1.90. The zero-order valence-electron chi connectivity index (χ0n) is 5.49. The van der Waals surface area contributed by atoms with Crippen LogP contribution in [0.2, 0.25) is 0 Å². The molecule has 1 aromatic rings. The molecule has 1 rings (SSSR count). The minimum atomic E-state index is 0.749. The average Bonchev–Trinajstić information content (AvgIpc) is 2.00. The molecule has 3 heteroatoms. The lowest BCUT2D eigenvalue weighted by atomic mass is 10.3. The molecule has 0 fully saturated rings. The second-order valence-corrected chi connectivity index (χ2v) is 1.67. The second kappa shape index (κ2) is 4.21. The molecule has 0 aromatic heterocycles. The lowest BCUT2D eigenvalue weighted by molar-refractivity contribution is 1.58. The van der Waals surface area contributed by atoms with E-state index in [-0.39, 0.29) is 0 Å². The van der Waals surface area contributed by atoms with Crippen molar-refractivity contribution >= 4 is 11.4 Å². The molecule has 0 heterocycles. The Morgan fingerprint density at radius 3 is 1.30 bits per heavy atom. The van der Waals surface area contributed by atoms with E-state index in [1.54, 1.807) is 24.3 Å². The van der Waals surface area contributed by atoms with Crippen LogP contribution in [0.1, 0.15) is 0 Å². The molecule has 0 amide bonds. The van der Waals surface area contributed by atoms with Gasteiger partial charge in [0.1, 0.15) is 0 Å². The summed E-state index contributed by atoms with van der Waals surface area (Å²) in [6.07, 6.45) is 0. The smallest absolute Gasteiger partial charge is 0.0462 e. The highest BCUT2D eigenvalue weighted by Crippen LogP contribution is 2.04. The molecule has 0 radical (unpaired) electrons. The SMILES string of the molecule is C#N.Nc1ccc(N)cc1. The predicted octanol–water partition coefficient (Wildman–Crippen LogP) is 0.991. The summed E-state index contributed by atoms with van der Waals surface area (Å²) in [5.74, 6) is 0. The third-order valence-electron chi connectivity index (χ3n) is 0.936. The van der Waals surface area contributed by atoms with E-state index in [1.807, 2.05) is 0 Å². The van der Waals surface area contributed by atoms with Crippen molar-refractivity contribution in [3.05, 3.63) is 24.3 Å². The van der Waals surface area contributed by atoms with Crippen LogP contribution >= 0.6 is 0 Å². The summed E-state index contributed by atoms with van der Waals surface area (Å²) in [6, 6.07) is 7.09. The standard InChI is InChI=1S/C6H8N2.CHN/c7-5-1-2-6(8)4-3-5;1-2/h1-4H,7-8H2;1H. The highest BCUT2D eigenvalue weighted by atomic mass is 14.6. The van der Waals surface area contributed by atoms with Crippen molar-refractivity contribution in [1.82, 2.24) is 0 Å². The molecule has 1 aromatic carbocycles. The number of hydrogen-bond donors (Lipinski definition) is 2. The Morgan fingerprint density at radius 2 is 1.10 bits per heavy atom. The van der Waals surface area contributed by atoms with Crippen molar-refractivity contribution < 1.29 is 0 Å². The van der Waals surface area contributed by atoms with Gasteiger partial charge in [-0.25, -0.2) is 5.26 Å². The van der Waals surface area contributed by atoms with Crippen molar-refractivity contribution in [2.75, 3.05) is 11.5 Å². The summed E-state index contributed by atoms with van der Waals surface area (Å²) in [7, 11) is 0.